The molecule has 130 valence electrons. The first-order valence-corrected chi connectivity index (χ1v) is 7.64. The molecule has 0 amide bonds. The lowest BCUT2D eigenvalue weighted by Gasteiger charge is -2.16. The second kappa shape index (κ2) is 6.72. The zero-order valence-corrected chi connectivity index (χ0v) is 14.3. The summed E-state index contributed by atoms with van der Waals surface area (Å²) < 4.78 is 17.1. The number of nitrogens with two attached hydrogens (primary N) is 1. The van der Waals surface area contributed by atoms with Crippen LogP contribution in [-0.4, -0.2) is 31.0 Å². The van der Waals surface area contributed by atoms with Crippen molar-refractivity contribution >= 4 is 10.9 Å². The van der Waals surface area contributed by atoms with E-state index in [1.165, 1.54) is 21.3 Å². The molecule has 3 aromatic rings. The summed E-state index contributed by atoms with van der Waals surface area (Å²) in [6, 6.07) is 11.2. The Morgan fingerprint density at radius 3 is 2.32 bits per heavy atom. The van der Waals surface area contributed by atoms with Gasteiger partial charge in [0.15, 0.2) is 11.5 Å². The van der Waals surface area contributed by atoms with Crippen LogP contribution in [0.4, 0.5) is 0 Å². The first-order chi connectivity index (χ1) is 12.1. The highest BCUT2D eigenvalue weighted by Gasteiger charge is 2.21. The Kier molecular flexibility index (Phi) is 4.47. The summed E-state index contributed by atoms with van der Waals surface area (Å²) in [5.74, 6) is 7.50. The lowest BCUT2D eigenvalue weighted by molar-refractivity contribution is 0.326. The van der Waals surface area contributed by atoms with Gasteiger partial charge in [-0.25, -0.2) is 9.66 Å². The SMILES string of the molecule is COc1cc2c(=O)n(N)c(Cc3ccccc3)nc2c(OC)c1OC. The first-order valence-electron chi connectivity index (χ1n) is 7.64. The fraction of sp³-hybridized carbons (Fsp3) is 0.222. The highest BCUT2D eigenvalue weighted by Crippen LogP contribution is 2.41. The molecule has 0 bridgehead atoms. The molecule has 2 N–H and O–H groups in total. The summed E-state index contributed by atoms with van der Waals surface area (Å²) in [7, 11) is 4.48. The molecule has 0 aliphatic rings. The van der Waals surface area contributed by atoms with Gasteiger partial charge in [-0.05, 0) is 11.6 Å². The van der Waals surface area contributed by atoms with Crippen molar-refractivity contribution < 1.29 is 14.2 Å². The Morgan fingerprint density at radius 1 is 1.04 bits per heavy atom. The van der Waals surface area contributed by atoms with Crippen LogP contribution in [0.3, 0.4) is 0 Å². The summed E-state index contributed by atoms with van der Waals surface area (Å²) >= 11 is 0. The molecule has 3 rings (SSSR count). The van der Waals surface area contributed by atoms with Gasteiger partial charge >= 0.3 is 0 Å². The van der Waals surface area contributed by atoms with Crippen LogP contribution in [0.15, 0.2) is 41.2 Å². The Balaban J connectivity index is 2.28. The Morgan fingerprint density at radius 2 is 1.72 bits per heavy atom. The molecule has 0 radical (unpaired) electrons. The molecule has 1 aromatic heterocycles. The molecule has 0 aliphatic carbocycles. The van der Waals surface area contributed by atoms with Gasteiger partial charge in [-0.15, -0.1) is 0 Å². The van der Waals surface area contributed by atoms with Crippen LogP contribution in [-0.2, 0) is 6.42 Å². The number of aromatic nitrogens is 2. The van der Waals surface area contributed by atoms with Crippen LogP contribution in [0, 0.1) is 0 Å². The Labute approximate surface area is 144 Å². The van der Waals surface area contributed by atoms with E-state index in [0.717, 1.165) is 10.2 Å². The monoisotopic (exact) mass is 341 g/mol. The van der Waals surface area contributed by atoms with Gasteiger partial charge < -0.3 is 20.1 Å². The third-order valence-electron chi connectivity index (χ3n) is 3.98. The van der Waals surface area contributed by atoms with E-state index in [4.69, 9.17) is 20.1 Å². The van der Waals surface area contributed by atoms with Crippen LogP contribution in [0.2, 0.25) is 0 Å². The van der Waals surface area contributed by atoms with E-state index in [0.29, 0.717) is 40.4 Å². The zero-order valence-electron chi connectivity index (χ0n) is 14.3. The maximum Gasteiger partial charge on any atom is 0.280 e. The van der Waals surface area contributed by atoms with Gasteiger partial charge in [0.2, 0.25) is 5.75 Å². The fourth-order valence-electron chi connectivity index (χ4n) is 2.75. The van der Waals surface area contributed by atoms with Gasteiger partial charge in [0.1, 0.15) is 11.3 Å². The highest BCUT2D eigenvalue weighted by molar-refractivity contribution is 5.89. The van der Waals surface area contributed by atoms with E-state index in [1.54, 1.807) is 6.07 Å². The number of benzene rings is 2. The minimum absolute atomic E-state index is 0.300. The van der Waals surface area contributed by atoms with Gasteiger partial charge in [-0.1, -0.05) is 30.3 Å². The zero-order chi connectivity index (χ0) is 18.0. The van der Waals surface area contributed by atoms with Crippen LogP contribution in [0.25, 0.3) is 10.9 Å². The van der Waals surface area contributed by atoms with E-state index < -0.39 is 0 Å². The van der Waals surface area contributed by atoms with Crippen molar-refractivity contribution in [3.05, 3.63) is 58.1 Å². The lowest BCUT2D eigenvalue weighted by atomic mass is 10.1. The smallest absolute Gasteiger partial charge is 0.280 e. The minimum atomic E-state index is -0.379. The van der Waals surface area contributed by atoms with Crippen molar-refractivity contribution in [2.24, 2.45) is 0 Å². The summed E-state index contributed by atoms with van der Waals surface area (Å²) in [4.78, 5) is 17.3. The minimum Gasteiger partial charge on any atom is -0.493 e. The molecular formula is C18H19N3O4. The van der Waals surface area contributed by atoms with E-state index in [9.17, 15) is 4.79 Å². The van der Waals surface area contributed by atoms with Gasteiger partial charge in [0.25, 0.3) is 5.56 Å². The largest absolute Gasteiger partial charge is 0.493 e. The Bertz CT molecular complexity index is 968. The molecule has 0 saturated carbocycles. The van der Waals surface area contributed by atoms with Crippen molar-refractivity contribution in [2.75, 3.05) is 27.2 Å². The lowest BCUT2D eigenvalue weighted by Crippen LogP contribution is -2.32. The molecule has 0 spiro atoms. The maximum atomic E-state index is 12.7. The molecule has 1 heterocycles. The first kappa shape index (κ1) is 16.6. The summed E-state index contributed by atoms with van der Waals surface area (Å²) in [5, 5.41) is 0.300. The van der Waals surface area contributed by atoms with E-state index >= 15 is 0 Å². The number of rotatable bonds is 5. The van der Waals surface area contributed by atoms with E-state index in [1.807, 2.05) is 30.3 Å². The maximum absolute atomic E-state index is 12.7. The van der Waals surface area contributed by atoms with Crippen LogP contribution < -0.4 is 25.6 Å². The Hall–Kier alpha value is -3.22. The van der Waals surface area contributed by atoms with Crippen LogP contribution >= 0.6 is 0 Å². The number of hydrogen-bond donors (Lipinski definition) is 1. The molecule has 0 atom stereocenters. The number of nitrogens with zero attached hydrogens (tertiary/aromatic N) is 2. The number of methoxy groups -OCH3 is 3. The number of nitrogen functional groups attached to an aromatic ring is 1. The quantitative estimate of drug-likeness (QED) is 0.711. The third kappa shape index (κ3) is 2.84. The summed E-state index contributed by atoms with van der Waals surface area (Å²) in [6.45, 7) is 0. The molecule has 0 saturated heterocycles. The standard InChI is InChI=1S/C18H19N3O4/c1-23-13-10-12-15(17(25-3)16(13)24-2)20-14(21(19)18(12)22)9-11-7-5-4-6-8-11/h4-8,10H,9,19H2,1-3H3. The average molecular weight is 341 g/mol. The van der Waals surface area contributed by atoms with Crippen LogP contribution in [0.1, 0.15) is 11.4 Å². The molecule has 7 heteroatoms. The summed E-state index contributed by atoms with van der Waals surface area (Å²) in [6.07, 6.45) is 0.417. The fourth-order valence-corrected chi connectivity index (χ4v) is 2.75. The molecule has 0 aliphatic heterocycles. The van der Waals surface area contributed by atoms with Crippen molar-refractivity contribution in [1.82, 2.24) is 9.66 Å². The predicted octanol–water partition coefficient (Wildman–Crippen LogP) is 1.73. The van der Waals surface area contributed by atoms with Gasteiger partial charge in [-0.3, -0.25) is 4.79 Å². The van der Waals surface area contributed by atoms with E-state index in [-0.39, 0.29) is 5.56 Å². The predicted molar refractivity (Wildman–Crippen MR) is 95.1 cm³/mol. The van der Waals surface area contributed by atoms with Gasteiger partial charge in [-0.2, -0.15) is 0 Å². The van der Waals surface area contributed by atoms with Crippen molar-refractivity contribution in [2.45, 2.75) is 6.42 Å². The number of hydrogen-bond acceptors (Lipinski definition) is 6. The van der Waals surface area contributed by atoms with Crippen molar-refractivity contribution in [1.29, 1.82) is 0 Å². The molecule has 0 fully saturated rings. The van der Waals surface area contributed by atoms with Crippen LogP contribution in [0.5, 0.6) is 17.2 Å². The molecular weight excluding hydrogens is 322 g/mol. The normalized spacial score (nSPS) is 10.7. The highest BCUT2D eigenvalue weighted by atomic mass is 16.5. The molecule has 25 heavy (non-hydrogen) atoms. The van der Waals surface area contributed by atoms with Gasteiger partial charge in [0, 0.05) is 6.42 Å². The van der Waals surface area contributed by atoms with Crippen molar-refractivity contribution in [3.8, 4) is 17.2 Å². The second-order valence-corrected chi connectivity index (χ2v) is 5.41. The van der Waals surface area contributed by atoms with Gasteiger partial charge in [0.05, 0.1) is 26.7 Å². The van der Waals surface area contributed by atoms with E-state index in [2.05, 4.69) is 4.98 Å². The number of ether oxygens (including phenoxy) is 3. The number of fused-ring (bicyclic) bond motifs is 1. The third-order valence-corrected chi connectivity index (χ3v) is 3.98. The van der Waals surface area contributed by atoms with Crippen molar-refractivity contribution in [3.63, 3.8) is 0 Å². The average Bonchev–Trinajstić information content (AvgIpc) is 2.65. The molecule has 7 nitrogen and oxygen atoms in total. The molecule has 2 aromatic carbocycles. The summed E-state index contributed by atoms with van der Waals surface area (Å²) in [5.41, 5.74) is 1.00. The topological polar surface area (TPSA) is 88.6 Å². The second-order valence-electron chi connectivity index (χ2n) is 5.41. The molecule has 0 unspecified atom stereocenters.